The smallest absolute Gasteiger partial charge is 0.0641 e. The Hall–Kier alpha value is -0.300. The first-order chi connectivity index (χ1) is 7.57. The van der Waals surface area contributed by atoms with Crippen molar-refractivity contribution in [1.29, 1.82) is 0 Å². The molecular weight excluding hydrogens is 196 g/mol. The normalized spacial score (nSPS) is 39.4. The fraction of sp³-hybridized carbons (Fsp3) is 0.867. The summed E-state index contributed by atoms with van der Waals surface area (Å²) in [6.07, 6.45) is 8.94. The first-order valence-electron chi connectivity index (χ1n) is 6.87. The van der Waals surface area contributed by atoms with Gasteiger partial charge in [0.15, 0.2) is 0 Å². The zero-order valence-corrected chi connectivity index (χ0v) is 11.0. The van der Waals surface area contributed by atoms with Crippen molar-refractivity contribution in [2.75, 3.05) is 6.61 Å². The van der Waals surface area contributed by atoms with Gasteiger partial charge in [0.25, 0.3) is 0 Å². The van der Waals surface area contributed by atoms with Crippen molar-refractivity contribution >= 4 is 0 Å². The summed E-state index contributed by atoms with van der Waals surface area (Å²) < 4.78 is 0. The van der Waals surface area contributed by atoms with Gasteiger partial charge in [0.05, 0.1) is 6.61 Å². The van der Waals surface area contributed by atoms with Crippen molar-refractivity contribution in [2.45, 2.75) is 52.9 Å². The summed E-state index contributed by atoms with van der Waals surface area (Å²) in [5.74, 6) is 2.34. The van der Waals surface area contributed by atoms with Gasteiger partial charge < -0.3 is 5.11 Å². The van der Waals surface area contributed by atoms with E-state index in [9.17, 15) is 5.11 Å². The lowest BCUT2D eigenvalue weighted by Crippen LogP contribution is -2.25. The molecule has 0 aromatic heterocycles. The second-order valence-electron chi connectivity index (χ2n) is 6.46. The van der Waals surface area contributed by atoms with Gasteiger partial charge in [-0.3, -0.25) is 0 Å². The monoisotopic (exact) mass is 222 g/mol. The molecule has 0 aromatic rings. The van der Waals surface area contributed by atoms with E-state index < -0.39 is 0 Å². The van der Waals surface area contributed by atoms with Gasteiger partial charge in [-0.25, -0.2) is 0 Å². The van der Waals surface area contributed by atoms with Crippen LogP contribution in [0.3, 0.4) is 0 Å². The highest BCUT2D eigenvalue weighted by Crippen LogP contribution is 2.54. The molecule has 0 saturated heterocycles. The lowest BCUT2D eigenvalue weighted by atomic mass is 9.72. The van der Waals surface area contributed by atoms with Crippen molar-refractivity contribution in [3.05, 3.63) is 11.6 Å². The molecule has 0 aromatic carbocycles. The first-order valence-corrected chi connectivity index (χ1v) is 6.87. The lowest BCUT2D eigenvalue weighted by Gasteiger charge is -2.32. The van der Waals surface area contributed by atoms with E-state index in [0.717, 1.165) is 24.2 Å². The van der Waals surface area contributed by atoms with Gasteiger partial charge in [0, 0.05) is 0 Å². The van der Waals surface area contributed by atoms with Crippen molar-refractivity contribution in [1.82, 2.24) is 0 Å². The third-order valence-electron chi connectivity index (χ3n) is 5.04. The maximum atomic E-state index is 9.38. The predicted octanol–water partition coefficient (Wildman–Crippen LogP) is 3.78. The minimum atomic E-state index is 0.275. The van der Waals surface area contributed by atoms with Crippen LogP contribution in [0, 0.1) is 23.2 Å². The minimum absolute atomic E-state index is 0.275. The van der Waals surface area contributed by atoms with Crippen LogP contribution < -0.4 is 0 Å². The molecule has 1 N–H and O–H groups in total. The van der Waals surface area contributed by atoms with Gasteiger partial charge in [0.1, 0.15) is 0 Å². The second-order valence-corrected chi connectivity index (χ2v) is 6.46. The highest BCUT2D eigenvalue weighted by atomic mass is 16.3. The van der Waals surface area contributed by atoms with Gasteiger partial charge in [-0.1, -0.05) is 26.8 Å². The summed E-state index contributed by atoms with van der Waals surface area (Å²) in [5, 5.41) is 9.38. The van der Waals surface area contributed by atoms with Gasteiger partial charge >= 0.3 is 0 Å². The molecule has 0 unspecified atom stereocenters. The molecule has 2 aliphatic carbocycles. The van der Waals surface area contributed by atoms with Crippen LogP contribution in [0.4, 0.5) is 0 Å². The molecule has 0 amide bonds. The van der Waals surface area contributed by atoms with Gasteiger partial charge in [-0.2, -0.15) is 0 Å². The van der Waals surface area contributed by atoms with E-state index >= 15 is 0 Å². The fourth-order valence-electron chi connectivity index (χ4n) is 3.91. The van der Waals surface area contributed by atoms with Crippen LogP contribution in [0.1, 0.15) is 52.9 Å². The Morgan fingerprint density at radius 2 is 2.19 bits per heavy atom. The van der Waals surface area contributed by atoms with Crippen LogP contribution in [0.5, 0.6) is 0 Å². The molecule has 16 heavy (non-hydrogen) atoms. The van der Waals surface area contributed by atoms with E-state index in [-0.39, 0.29) is 6.61 Å². The van der Waals surface area contributed by atoms with E-state index in [1.807, 2.05) is 0 Å². The zero-order chi connectivity index (χ0) is 11.8. The molecule has 92 valence electrons. The van der Waals surface area contributed by atoms with E-state index in [4.69, 9.17) is 0 Å². The molecular formula is C15H26O. The number of rotatable bonds is 2. The molecule has 0 radical (unpaired) electrons. The Morgan fingerprint density at radius 3 is 2.81 bits per heavy atom. The third-order valence-corrected chi connectivity index (χ3v) is 5.04. The summed E-state index contributed by atoms with van der Waals surface area (Å²) in [4.78, 5) is 0. The molecule has 0 heterocycles. The third kappa shape index (κ3) is 2.07. The standard InChI is InChI=1S/C15H26O/c1-11(2)13-6-8-15(3)7-4-5-12(10-16)9-14(13)15/h9,11,13-14,16H,4-8,10H2,1-3H3/t13-,14+,15+/m0/s1. The summed E-state index contributed by atoms with van der Waals surface area (Å²) >= 11 is 0. The maximum absolute atomic E-state index is 9.38. The van der Waals surface area contributed by atoms with Crippen LogP contribution in [0.15, 0.2) is 11.6 Å². The van der Waals surface area contributed by atoms with Gasteiger partial charge in [0.2, 0.25) is 0 Å². The Morgan fingerprint density at radius 1 is 1.44 bits per heavy atom. The van der Waals surface area contributed by atoms with Crippen LogP contribution in [-0.4, -0.2) is 11.7 Å². The molecule has 1 fully saturated rings. The summed E-state index contributed by atoms with van der Waals surface area (Å²) in [5.41, 5.74) is 1.81. The SMILES string of the molecule is CC(C)[C@@H]1CC[C@@]2(C)CCCC(CO)=C[C@H]12. The van der Waals surface area contributed by atoms with Crippen molar-refractivity contribution in [3.63, 3.8) is 0 Å². The quantitative estimate of drug-likeness (QED) is 0.705. The summed E-state index contributed by atoms with van der Waals surface area (Å²) in [7, 11) is 0. The van der Waals surface area contributed by atoms with Crippen LogP contribution in [0.2, 0.25) is 0 Å². The lowest BCUT2D eigenvalue weighted by molar-refractivity contribution is 0.200. The number of aliphatic hydroxyl groups excluding tert-OH is 1. The highest BCUT2D eigenvalue weighted by Gasteiger charge is 2.45. The first kappa shape index (κ1) is 12.2. The van der Waals surface area contributed by atoms with E-state index in [1.165, 1.54) is 31.3 Å². The maximum Gasteiger partial charge on any atom is 0.0641 e. The average molecular weight is 222 g/mol. The number of allylic oxidation sites excluding steroid dienone is 1. The summed E-state index contributed by atoms with van der Waals surface area (Å²) in [6.45, 7) is 7.45. The van der Waals surface area contributed by atoms with Gasteiger partial charge in [-0.15, -0.1) is 0 Å². The number of hydrogen-bond donors (Lipinski definition) is 1. The molecule has 1 nitrogen and oxygen atoms in total. The zero-order valence-electron chi connectivity index (χ0n) is 11.0. The Labute approximate surface area is 99.9 Å². The minimum Gasteiger partial charge on any atom is -0.392 e. The van der Waals surface area contributed by atoms with Gasteiger partial charge in [-0.05, 0) is 60.8 Å². The average Bonchev–Trinajstić information content (AvgIpc) is 2.46. The molecule has 2 aliphatic rings. The Bertz CT molecular complexity index is 279. The molecule has 1 heteroatoms. The predicted molar refractivity (Wildman–Crippen MR) is 68.2 cm³/mol. The molecule has 0 aliphatic heterocycles. The van der Waals surface area contributed by atoms with Crippen molar-refractivity contribution in [3.8, 4) is 0 Å². The summed E-state index contributed by atoms with van der Waals surface area (Å²) in [6, 6.07) is 0. The Kier molecular flexibility index (Phi) is 3.44. The van der Waals surface area contributed by atoms with Crippen molar-refractivity contribution in [2.24, 2.45) is 23.2 Å². The van der Waals surface area contributed by atoms with E-state index in [2.05, 4.69) is 26.8 Å². The molecule has 0 bridgehead atoms. The molecule has 0 spiro atoms. The Balaban J connectivity index is 2.27. The second kappa shape index (κ2) is 4.52. The molecule has 2 rings (SSSR count). The number of aliphatic hydroxyl groups is 1. The van der Waals surface area contributed by atoms with Crippen LogP contribution in [0.25, 0.3) is 0 Å². The highest BCUT2D eigenvalue weighted by molar-refractivity contribution is 5.14. The van der Waals surface area contributed by atoms with E-state index in [1.54, 1.807) is 0 Å². The number of fused-ring (bicyclic) bond motifs is 1. The van der Waals surface area contributed by atoms with Crippen LogP contribution >= 0.6 is 0 Å². The fourth-order valence-corrected chi connectivity index (χ4v) is 3.91. The molecule has 3 atom stereocenters. The van der Waals surface area contributed by atoms with Crippen LogP contribution in [-0.2, 0) is 0 Å². The number of hydrogen-bond acceptors (Lipinski definition) is 1. The molecule has 1 saturated carbocycles. The largest absolute Gasteiger partial charge is 0.392 e. The van der Waals surface area contributed by atoms with Crippen molar-refractivity contribution < 1.29 is 5.11 Å². The topological polar surface area (TPSA) is 20.2 Å². The van der Waals surface area contributed by atoms with E-state index in [0.29, 0.717) is 5.41 Å².